The van der Waals surface area contributed by atoms with Crippen molar-refractivity contribution in [1.82, 2.24) is 9.97 Å². The van der Waals surface area contributed by atoms with E-state index >= 15 is 0 Å². The second kappa shape index (κ2) is 5.31. The quantitative estimate of drug-likeness (QED) is 0.860. The molecular weight excluding hydrogens is 216 g/mol. The summed E-state index contributed by atoms with van der Waals surface area (Å²) < 4.78 is 5.05. The summed E-state index contributed by atoms with van der Waals surface area (Å²) in [4.78, 5) is 10.9. The minimum Gasteiger partial charge on any atom is -0.384 e. The molecule has 2 N–H and O–H groups in total. The Morgan fingerprint density at radius 3 is 3.06 bits per heavy atom. The zero-order valence-electron chi connectivity index (χ0n) is 10.5. The highest BCUT2D eigenvalue weighted by Crippen LogP contribution is 2.22. The number of nitrogens with two attached hydrogens (primary N) is 1. The van der Waals surface area contributed by atoms with Gasteiger partial charge in [0.2, 0.25) is 0 Å². The SMILES string of the molecule is COCc1nc(N)cc(N2CCCC(C)C2)n1. The third-order valence-corrected chi connectivity index (χ3v) is 3.03. The van der Waals surface area contributed by atoms with Crippen molar-refractivity contribution in [2.24, 2.45) is 5.92 Å². The number of hydrogen-bond acceptors (Lipinski definition) is 5. The molecule has 1 fully saturated rings. The standard InChI is InChI=1S/C12H20N4O/c1-9-4-3-5-16(7-9)12-6-10(13)14-11(15-12)8-17-2/h6,9H,3-5,7-8H2,1-2H3,(H2,13,14,15). The van der Waals surface area contributed by atoms with Crippen LogP contribution in [0.3, 0.4) is 0 Å². The van der Waals surface area contributed by atoms with Gasteiger partial charge in [-0.25, -0.2) is 9.97 Å². The maximum atomic E-state index is 5.80. The summed E-state index contributed by atoms with van der Waals surface area (Å²) in [5, 5.41) is 0. The highest BCUT2D eigenvalue weighted by Gasteiger charge is 2.18. The van der Waals surface area contributed by atoms with Crippen molar-refractivity contribution in [3.8, 4) is 0 Å². The molecule has 1 aromatic heterocycles. The van der Waals surface area contributed by atoms with Crippen molar-refractivity contribution in [3.05, 3.63) is 11.9 Å². The molecule has 1 atom stereocenters. The average Bonchev–Trinajstić information content (AvgIpc) is 2.28. The van der Waals surface area contributed by atoms with Gasteiger partial charge in [0.1, 0.15) is 18.2 Å². The zero-order chi connectivity index (χ0) is 12.3. The smallest absolute Gasteiger partial charge is 0.158 e. The molecule has 0 radical (unpaired) electrons. The van der Waals surface area contributed by atoms with Crippen molar-refractivity contribution < 1.29 is 4.74 Å². The van der Waals surface area contributed by atoms with Crippen LogP contribution in [0.1, 0.15) is 25.6 Å². The molecule has 0 saturated carbocycles. The molecule has 1 aliphatic rings. The van der Waals surface area contributed by atoms with Crippen LogP contribution >= 0.6 is 0 Å². The molecule has 0 spiro atoms. The van der Waals surface area contributed by atoms with Gasteiger partial charge in [0.25, 0.3) is 0 Å². The van der Waals surface area contributed by atoms with E-state index in [1.54, 1.807) is 7.11 Å². The number of nitrogens with zero attached hydrogens (tertiary/aromatic N) is 3. The Morgan fingerprint density at radius 2 is 2.35 bits per heavy atom. The van der Waals surface area contributed by atoms with E-state index < -0.39 is 0 Å². The third-order valence-electron chi connectivity index (χ3n) is 3.03. The molecule has 5 heteroatoms. The number of rotatable bonds is 3. The lowest BCUT2D eigenvalue weighted by Crippen LogP contribution is -2.35. The van der Waals surface area contributed by atoms with Gasteiger partial charge >= 0.3 is 0 Å². The largest absolute Gasteiger partial charge is 0.384 e. The topological polar surface area (TPSA) is 64.3 Å². The molecule has 2 heterocycles. The molecule has 1 unspecified atom stereocenters. The van der Waals surface area contributed by atoms with E-state index in [0.29, 0.717) is 24.2 Å². The van der Waals surface area contributed by atoms with Crippen LogP contribution in [0.2, 0.25) is 0 Å². The first-order chi connectivity index (χ1) is 8.19. The minimum absolute atomic E-state index is 0.404. The molecule has 17 heavy (non-hydrogen) atoms. The fourth-order valence-corrected chi connectivity index (χ4v) is 2.26. The molecule has 94 valence electrons. The Labute approximate surface area is 102 Å². The number of aromatic nitrogens is 2. The van der Waals surface area contributed by atoms with Crippen molar-refractivity contribution in [2.75, 3.05) is 30.8 Å². The average molecular weight is 236 g/mol. The third kappa shape index (κ3) is 3.06. The van der Waals surface area contributed by atoms with Gasteiger partial charge in [0.05, 0.1) is 0 Å². The Kier molecular flexibility index (Phi) is 3.78. The van der Waals surface area contributed by atoms with Gasteiger partial charge in [-0.3, -0.25) is 0 Å². The van der Waals surface area contributed by atoms with Crippen LogP contribution in [-0.2, 0) is 11.3 Å². The molecule has 0 aromatic carbocycles. The van der Waals surface area contributed by atoms with Crippen LogP contribution in [0.25, 0.3) is 0 Å². The highest BCUT2D eigenvalue weighted by molar-refractivity contribution is 5.47. The molecular formula is C12H20N4O. The summed E-state index contributed by atoms with van der Waals surface area (Å²) in [6.45, 7) is 4.77. The molecule has 1 saturated heterocycles. The van der Waals surface area contributed by atoms with E-state index in [1.165, 1.54) is 12.8 Å². The van der Waals surface area contributed by atoms with E-state index in [1.807, 2.05) is 6.07 Å². The predicted molar refractivity (Wildman–Crippen MR) is 67.8 cm³/mol. The lowest BCUT2D eigenvalue weighted by molar-refractivity contribution is 0.178. The van der Waals surface area contributed by atoms with Crippen molar-refractivity contribution in [2.45, 2.75) is 26.4 Å². The molecule has 0 amide bonds. The van der Waals surface area contributed by atoms with E-state index in [-0.39, 0.29) is 0 Å². The van der Waals surface area contributed by atoms with Gasteiger partial charge in [-0.1, -0.05) is 6.92 Å². The number of hydrogen-bond donors (Lipinski definition) is 1. The maximum absolute atomic E-state index is 5.80. The van der Waals surface area contributed by atoms with Crippen LogP contribution in [-0.4, -0.2) is 30.2 Å². The lowest BCUT2D eigenvalue weighted by Gasteiger charge is -2.32. The van der Waals surface area contributed by atoms with Crippen LogP contribution in [0.4, 0.5) is 11.6 Å². The minimum atomic E-state index is 0.404. The van der Waals surface area contributed by atoms with Crippen LogP contribution in [0, 0.1) is 5.92 Å². The number of anilines is 2. The van der Waals surface area contributed by atoms with Crippen molar-refractivity contribution >= 4 is 11.6 Å². The Bertz CT molecular complexity index is 383. The predicted octanol–water partition coefficient (Wildman–Crippen LogP) is 1.44. The Hall–Kier alpha value is -1.36. The van der Waals surface area contributed by atoms with E-state index in [2.05, 4.69) is 21.8 Å². The Morgan fingerprint density at radius 1 is 1.53 bits per heavy atom. The first-order valence-corrected chi connectivity index (χ1v) is 6.06. The monoisotopic (exact) mass is 236 g/mol. The van der Waals surface area contributed by atoms with Crippen molar-refractivity contribution in [3.63, 3.8) is 0 Å². The molecule has 0 bridgehead atoms. The summed E-state index contributed by atoms with van der Waals surface area (Å²) in [5.74, 6) is 2.81. The fourth-order valence-electron chi connectivity index (χ4n) is 2.26. The summed E-state index contributed by atoms with van der Waals surface area (Å²) in [6.07, 6.45) is 2.51. The van der Waals surface area contributed by atoms with Gasteiger partial charge in [0, 0.05) is 26.3 Å². The van der Waals surface area contributed by atoms with E-state index in [0.717, 1.165) is 18.9 Å². The van der Waals surface area contributed by atoms with Gasteiger partial charge in [-0.2, -0.15) is 0 Å². The van der Waals surface area contributed by atoms with E-state index in [4.69, 9.17) is 10.5 Å². The Balaban J connectivity index is 2.18. The summed E-state index contributed by atoms with van der Waals surface area (Å²) >= 11 is 0. The summed E-state index contributed by atoms with van der Waals surface area (Å²) in [6, 6.07) is 1.84. The molecule has 5 nitrogen and oxygen atoms in total. The number of ether oxygens (including phenoxy) is 1. The molecule has 0 aliphatic carbocycles. The van der Waals surface area contributed by atoms with Crippen molar-refractivity contribution in [1.29, 1.82) is 0 Å². The second-order valence-electron chi connectivity index (χ2n) is 4.69. The van der Waals surface area contributed by atoms with Crippen LogP contribution in [0.5, 0.6) is 0 Å². The number of methoxy groups -OCH3 is 1. The normalized spacial score (nSPS) is 20.6. The van der Waals surface area contributed by atoms with Crippen LogP contribution in [0.15, 0.2) is 6.07 Å². The van der Waals surface area contributed by atoms with Gasteiger partial charge < -0.3 is 15.4 Å². The second-order valence-corrected chi connectivity index (χ2v) is 4.69. The first kappa shape index (κ1) is 12.1. The van der Waals surface area contributed by atoms with Gasteiger partial charge in [0.15, 0.2) is 5.82 Å². The number of piperidine rings is 1. The molecule has 2 rings (SSSR count). The van der Waals surface area contributed by atoms with Gasteiger partial charge in [-0.05, 0) is 18.8 Å². The molecule has 1 aliphatic heterocycles. The maximum Gasteiger partial charge on any atom is 0.158 e. The van der Waals surface area contributed by atoms with Crippen LogP contribution < -0.4 is 10.6 Å². The molecule has 1 aromatic rings. The highest BCUT2D eigenvalue weighted by atomic mass is 16.5. The lowest BCUT2D eigenvalue weighted by atomic mass is 10.0. The van der Waals surface area contributed by atoms with Gasteiger partial charge in [-0.15, -0.1) is 0 Å². The summed E-state index contributed by atoms with van der Waals surface area (Å²) in [7, 11) is 1.63. The first-order valence-electron chi connectivity index (χ1n) is 6.06. The zero-order valence-corrected chi connectivity index (χ0v) is 10.5. The van der Waals surface area contributed by atoms with E-state index in [9.17, 15) is 0 Å². The number of nitrogen functional groups attached to an aromatic ring is 1. The fraction of sp³-hybridized carbons (Fsp3) is 0.667. The summed E-state index contributed by atoms with van der Waals surface area (Å²) in [5.41, 5.74) is 5.80.